The third-order valence-corrected chi connectivity index (χ3v) is 4.94. The Morgan fingerprint density at radius 1 is 1.20 bits per heavy atom. The van der Waals surface area contributed by atoms with E-state index < -0.39 is 0 Å². The van der Waals surface area contributed by atoms with Crippen LogP contribution in [0.1, 0.15) is 36.2 Å². The van der Waals surface area contributed by atoms with E-state index in [-0.39, 0.29) is 18.1 Å². The Balaban J connectivity index is 1.89. The number of hydrogen-bond acceptors (Lipinski definition) is 3. The fraction of sp³-hybridized carbons (Fsp3) is 0.222. The highest BCUT2D eigenvalue weighted by Gasteiger charge is 2.31. The summed E-state index contributed by atoms with van der Waals surface area (Å²) in [5.41, 5.74) is 1.59. The highest BCUT2D eigenvalue weighted by atomic mass is 35.5. The Labute approximate surface area is 160 Å². The number of rotatable bonds is 4. The monoisotopic (exact) mass is 396 g/mol. The van der Waals surface area contributed by atoms with Crippen LogP contribution in [-0.2, 0) is 4.79 Å². The second kappa shape index (κ2) is 7.65. The predicted octanol–water partition coefficient (Wildman–Crippen LogP) is 5.30. The number of nitrogens with zero attached hydrogens (tertiary/aromatic N) is 1. The van der Waals surface area contributed by atoms with Gasteiger partial charge in [0.1, 0.15) is 17.0 Å². The van der Waals surface area contributed by atoms with Crippen molar-refractivity contribution in [2.45, 2.75) is 25.0 Å². The molecule has 7 heteroatoms. The molecule has 4 nitrogen and oxygen atoms in total. The van der Waals surface area contributed by atoms with Gasteiger partial charge in [-0.05, 0) is 42.7 Å². The number of ether oxygens (including phenoxy) is 1. The van der Waals surface area contributed by atoms with Crippen molar-refractivity contribution in [3.63, 3.8) is 0 Å². The van der Waals surface area contributed by atoms with Crippen LogP contribution in [0.25, 0.3) is 0 Å². The van der Waals surface area contributed by atoms with Gasteiger partial charge in [-0.1, -0.05) is 47.4 Å². The number of carbonyl (C=O) groups excluding carboxylic acids is 1. The molecule has 0 unspecified atom stereocenters. The van der Waals surface area contributed by atoms with Crippen molar-refractivity contribution in [3.05, 3.63) is 69.4 Å². The smallest absolute Gasteiger partial charge is 0.243 e. The van der Waals surface area contributed by atoms with E-state index in [1.165, 1.54) is 6.08 Å². The molecule has 1 aliphatic carbocycles. The van der Waals surface area contributed by atoms with Crippen LogP contribution in [0.5, 0.6) is 5.75 Å². The van der Waals surface area contributed by atoms with Gasteiger partial charge in [-0.15, -0.1) is 0 Å². The van der Waals surface area contributed by atoms with E-state index in [0.29, 0.717) is 39.5 Å². The molecule has 1 aromatic carbocycles. The second-order valence-corrected chi connectivity index (χ2v) is 6.84. The molecule has 0 fully saturated rings. The average Bonchev–Trinajstić information content (AvgIpc) is 2.60. The van der Waals surface area contributed by atoms with Crippen LogP contribution >= 0.6 is 34.8 Å². The minimum Gasteiger partial charge on any atom is -0.484 e. The standard InChI is InChI=1S/C18H15Cl3N2O2/c1-2-17(24)22-14-6-7-15(18-11(14)4-8-16(21)23-18)25-10-3-5-12(19)13(20)9-10/h2-5,8-9,14-15H,1,6-7H2,(H,22,24)/t14-,15+/m0/s1. The topological polar surface area (TPSA) is 51.2 Å². The molecule has 2 aromatic rings. The minimum absolute atomic E-state index is 0.154. The Morgan fingerprint density at radius 3 is 2.72 bits per heavy atom. The first-order chi connectivity index (χ1) is 12.0. The zero-order valence-electron chi connectivity index (χ0n) is 13.1. The van der Waals surface area contributed by atoms with Gasteiger partial charge in [-0.3, -0.25) is 4.79 Å². The number of fused-ring (bicyclic) bond motifs is 1. The first kappa shape index (κ1) is 18.1. The van der Waals surface area contributed by atoms with Crippen molar-refractivity contribution < 1.29 is 9.53 Å². The lowest BCUT2D eigenvalue weighted by Gasteiger charge is -2.31. The summed E-state index contributed by atoms with van der Waals surface area (Å²) in [6.45, 7) is 3.49. The van der Waals surface area contributed by atoms with Gasteiger partial charge in [0.2, 0.25) is 5.91 Å². The summed E-state index contributed by atoms with van der Waals surface area (Å²) in [7, 11) is 0. The normalized spacial score (nSPS) is 19.0. The highest BCUT2D eigenvalue weighted by molar-refractivity contribution is 6.42. The molecule has 3 rings (SSSR count). The number of nitrogens with one attached hydrogen (secondary N) is 1. The molecule has 2 atom stereocenters. The number of carbonyl (C=O) groups is 1. The van der Waals surface area contributed by atoms with Crippen LogP contribution in [-0.4, -0.2) is 10.9 Å². The molecule has 0 bridgehead atoms. The number of amides is 1. The van der Waals surface area contributed by atoms with Gasteiger partial charge < -0.3 is 10.1 Å². The molecule has 1 amide bonds. The molecule has 1 N–H and O–H groups in total. The van der Waals surface area contributed by atoms with E-state index >= 15 is 0 Å². The van der Waals surface area contributed by atoms with Crippen LogP contribution in [0.15, 0.2) is 43.0 Å². The molecular weight excluding hydrogens is 383 g/mol. The van der Waals surface area contributed by atoms with Gasteiger partial charge in [0, 0.05) is 6.07 Å². The van der Waals surface area contributed by atoms with E-state index in [4.69, 9.17) is 39.5 Å². The summed E-state index contributed by atoms with van der Waals surface area (Å²) in [4.78, 5) is 16.1. The molecule has 0 saturated heterocycles. The predicted molar refractivity (Wildman–Crippen MR) is 99.4 cm³/mol. The SMILES string of the molecule is C=CC(=O)N[C@H]1CC[C@@H](Oc2ccc(Cl)c(Cl)c2)c2nc(Cl)ccc21. The fourth-order valence-corrected chi connectivity index (χ4v) is 3.28. The fourth-order valence-electron chi connectivity index (χ4n) is 2.83. The van der Waals surface area contributed by atoms with Crippen LogP contribution in [0.3, 0.4) is 0 Å². The number of pyridine rings is 1. The Hall–Kier alpha value is -1.75. The van der Waals surface area contributed by atoms with E-state index in [0.717, 1.165) is 5.56 Å². The van der Waals surface area contributed by atoms with E-state index in [1.54, 1.807) is 24.3 Å². The van der Waals surface area contributed by atoms with E-state index in [2.05, 4.69) is 16.9 Å². The van der Waals surface area contributed by atoms with Crippen LogP contribution < -0.4 is 10.1 Å². The van der Waals surface area contributed by atoms with Gasteiger partial charge in [-0.25, -0.2) is 4.98 Å². The third kappa shape index (κ3) is 4.09. The van der Waals surface area contributed by atoms with Gasteiger partial charge in [0.05, 0.1) is 21.8 Å². The maximum atomic E-state index is 11.7. The second-order valence-electron chi connectivity index (χ2n) is 5.63. The molecule has 0 aliphatic heterocycles. The number of hydrogen-bond donors (Lipinski definition) is 1. The summed E-state index contributed by atoms with van der Waals surface area (Å²) < 4.78 is 6.06. The summed E-state index contributed by atoms with van der Waals surface area (Å²) in [5, 5.41) is 4.17. The molecule has 130 valence electrons. The summed E-state index contributed by atoms with van der Waals surface area (Å²) in [5.74, 6) is 0.371. The van der Waals surface area contributed by atoms with E-state index in [9.17, 15) is 4.79 Å². The van der Waals surface area contributed by atoms with Gasteiger partial charge >= 0.3 is 0 Å². The molecular formula is C18H15Cl3N2O2. The van der Waals surface area contributed by atoms with Crippen LogP contribution in [0.2, 0.25) is 15.2 Å². The molecule has 0 radical (unpaired) electrons. The maximum absolute atomic E-state index is 11.7. The summed E-state index contributed by atoms with van der Waals surface area (Å²) in [6.07, 6.45) is 2.34. The van der Waals surface area contributed by atoms with Gasteiger partial charge in [-0.2, -0.15) is 0 Å². The number of benzene rings is 1. The van der Waals surface area contributed by atoms with E-state index in [1.807, 2.05) is 6.07 Å². The zero-order chi connectivity index (χ0) is 18.0. The molecule has 1 aliphatic rings. The van der Waals surface area contributed by atoms with Crippen molar-refractivity contribution in [1.29, 1.82) is 0 Å². The quantitative estimate of drug-likeness (QED) is 0.562. The number of halogens is 3. The average molecular weight is 398 g/mol. The maximum Gasteiger partial charge on any atom is 0.243 e. The number of aromatic nitrogens is 1. The van der Waals surface area contributed by atoms with Crippen molar-refractivity contribution in [2.24, 2.45) is 0 Å². The van der Waals surface area contributed by atoms with Crippen LogP contribution in [0, 0.1) is 0 Å². The lowest BCUT2D eigenvalue weighted by atomic mass is 9.89. The van der Waals surface area contributed by atoms with Crippen molar-refractivity contribution in [3.8, 4) is 5.75 Å². The minimum atomic E-state index is -0.289. The Morgan fingerprint density at radius 2 is 2.00 bits per heavy atom. The molecule has 25 heavy (non-hydrogen) atoms. The first-order valence-electron chi connectivity index (χ1n) is 7.69. The van der Waals surface area contributed by atoms with Gasteiger partial charge in [0.25, 0.3) is 0 Å². The summed E-state index contributed by atoms with van der Waals surface area (Å²) in [6, 6.07) is 8.52. The Kier molecular flexibility index (Phi) is 5.52. The molecule has 0 saturated carbocycles. The largest absolute Gasteiger partial charge is 0.484 e. The van der Waals surface area contributed by atoms with Crippen LogP contribution in [0.4, 0.5) is 0 Å². The molecule has 1 heterocycles. The molecule has 0 spiro atoms. The van der Waals surface area contributed by atoms with Crippen molar-refractivity contribution in [2.75, 3.05) is 0 Å². The summed E-state index contributed by atoms with van der Waals surface area (Å²) >= 11 is 18.1. The first-order valence-corrected chi connectivity index (χ1v) is 8.82. The lowest BCUT2D eigenvalue weighted by Crippen LogP contribution is -2.32. The molecule has 1 aromatic heterocycles. The Bertz CT molecular complexity index is 826. The lowest BCUT2D eigenvalue weighted by molar-refractivity contribution is -0.117. The highest BCUT2D eigenvalue weighted by Crippen LogP contribution is 2.39. The zero-order valence-corrected chi connectivity index (χ0v) is 15.4. The van der Waals surface area contributed by atoms with Gasteiger partial charge in [0.15, 0.2) is 0 Å². The third-order valence-electron chi connectivity index (χ3n) is 3.99. The van der Waals surface area contributed by atoms with Crippen molar-refractivity contribution >= 4 is 40.7 Å². The van der Waals surface area contributed by atoms with Crippen molar-refractivity contribution in [1.82, 2.24) is 10.3 Å².